The second-order valence-corrected chi connectivity index (χ2v) is 9.73. The molecule has 1 aliphatic rings. The van der Waals surface area contributed by atoms with Crippen molar-refractivity contribution >= 4 is 11.3 Å². The molecule has 170 valence electrons. The molecule has 0 radical (unpaired) electrons. The van der Waals surface area contributed by atoms with Crippen molar-refractivity contribution in [1.82, 2.24) is 25.1 Å². The molecule has 5 rings (SSSR count). The van der Waals surface area contributed by atoms with Crippen LogP contribution >= 0.6 is 11.3 Å². The number of nitrogens with zero attached hydrogens (tertiary/aromatic N) is 5. The lowest BCUT2D eigenvalue weighted by Crippen LogP contribution is -2.32. The number of hydrogen-bond donors (Lipinski definition) is 0. The lowest BCUT2D eigenvalue weighted by molar-refractivity contribution is 0.189. The van der Waals surface area contributed by atoms with Crippen LogP contribution in [0.25, 0.3) is 0 Å². The Bertz CT molecular complexity index is 1120. The maximum Gasteiger partial charge on any atom is 0.173 e. The Labute approximate surface area is 197 Å². The van der Waals surface area contributed by atoms with E-state index in [4.69, 9.17) is 0 Å². The van der Waals surface area contributed by atoms with E-state index in [1.54, 1.807) is 11.3 Å². The van der Waals surface area contributed by atoms with Crippen LogP contribution in [-0.4, -0.2) is 25.1 Å². The van der Waals surface area contributed by atoms with E-state index in [0.717, 1.165) is 37.3 Å². The van der Waals surface area contributed by atoms with Gasteiger partial charge in [-0.05, 0) is 58.0 Å². The molecule has 0 saturated heterocycles. The predicted octanol–water partition coefficient (Wildman–Crippen LogP) is 6.17. The second-order valence-electron chi connectivity index (χ2n) is 8.70. The molecular weight excluding hydrogens is 433 g/mol. The quantitative estimate of drug-likeness (QED) is 0.315. The molecule has 4 aromatic rings. The molecule has 1 saturated carbocycles. The Morgan fingerprint density at radius 3 is 2.45 bits per heavy atom. The van der Waals surface area contributed by atoms with Crippen LogP contribution < -0.4 is 0 Å². The molecular formula is C26H28FN5S. The summed E-state index contributed by atoms with van der Waals surface area (Å²) in [5, 5.41) is 15.2. The van der Waals surface area contributed by atoms with Crippen LogP contribution in [0.3, 0.4) is 0 Å². The third kappa shape index (κ3) is 5.20. The van der Waals surface area contributed by atoms with Gasteiger partial charge in [-0.3, -0.25) is 4.90 Å². The minimum atomic E-state index is -0.239. The zero-order chi connectivity index (χ0) is 22.5. The molecule has 0 bridgehead atoms. The molecule has 7 heteroatoms. The molecule has 0 N–H and O–H groups in total. The molecule has 0 spiro atoms. The highest BCUT2D eigenvalue weighted by Gasteiger charge is 2.31. The summed E-state index contributed by atoms with van der Waals surface area (Å²) in [7, 11) is 0. The van der Waals surface area contributed by atoms with Crippen LogP contribution in [0.2, 0.25) is 0 Å². The van der Waals surface area contributed by atoms with E-state index in [2.05, 4.69) is 62.2 Å². The molecule has 5 nitrogen and oxygen atoms in total. The van der Waals surface area contributed by atoms with Crippen LogP contribution in [0.1, 0.15) is 66.0 Å². The molecule has 2 aromatic carbocycles. The van der Waals surface area contributed by atoms with Crippen LogP contribution in [0.4, 0.5) is 4.39 Å². The normalized spacial score (nSPS) is 15.7. The summed E-state index contributed by atoms with van der Waals surface area (Å²) >= 11 is 1.75. The standard InChI is InChI=1S/C26H28FN5S/c27-22-15-13-21(14-16-22)25(26-28-29-30-32(26)23-10-5-2-6-11-23)31(19-24-12-7-17-33-24)18-20-8-3-1-4-9-20/h1,3-4,7-9,12-17,23,25H,2,5-6,10-11,18-19H2/t25-/m0/s1. The average Bonchev–Trinajstić information content (AvgIpc) is 3.54. The van der Waals surface area contributed by atoms with Crippen molar-refractivity contribution in [2.45, 2.75) is 57.3 Å². The first kappa shape index (κ1) is 21.9. The lowest BCUT2D eigenvalue weighted by atomic mass is 9.95. The van der Waals surface area contributed by atoms with Crippen molar-refractivity contribution in [3.63, 3.8) is 0 Å². The Morgan fingerprint density at radius 2 is 1.73 bits per heavy atom. The van der Waals surface area contributed by atoms with E-state index >= 15 is 0 Å². The summed E-state index contributed by atoms with van der Waals surface area (Å²) in [6.45, 7) is 1.49. The third-order valence-electron chi connectivity index (χ3n) is 6.40. The van der Waals surface area contributed by atoms with E-state index in [9.17, 15) is 4.39 Å². The summed E-state index contributed by atoms with van der Waals surface area (Å²) in [4.78, 5) is 3.68. The van der Waals surface area contributed by atoms with Gasteiger partial charge in [0.25, 0.3) is 0 Å². The van der Waals surface area contributed by atoms with Gasteiger partial charge in [-0.1, -0.05) is 67.8 Å². The van der Waals surface area contributed by atoms with Gasteiger partial charge in [-0.2, -0.15) is 0 Å². The molecule has 2 heterocycles. The predicted molar refractivity (Wildman–Crippen MR) is 128 cm³/mol. The fourth-order valence-electron chi connectivity index (χ4n) is 4.79. The number of rotatable bonds is 8. The molecule has 0 amide bonds. The third-order valence-corrected chi connectivity index (χ3v) is 7.26. The topological polar surface area (TPSA) is 46.8 Å². The molecule has 1 fully saturated rings. The van der Waals surface area contributed by atoms with Gasteiger partial charge in [-0.25, -0.2) is 9.07 Å². The van der Waals surface area contributed by atoms with E-state index in [-0.39, 0.29) is 11.9 Å². The SMILES string of the molecule is Fc1ccc([C@@H](c2nnnn2C2CCCCC2)N(Cc2ccccc2)Cc2cccs2)cc1. The van der Waals surface area contributed by atoms with E-state index in [1.165, 1.54) is 41.8 Å². The number of benzene rings is 2. The van der Waals surface area contributed by atoms with E-state index < -0.39 is 0 Å². The van der Waals surface area contributed by atoms with Gasteiger partial charge in [0.2, 0.25) is 0 Å². The maximum absolute atomic E-state index is 13.9. The Hall–Kier alpha value is -2.90. The first-order valence-electron chi connectivity index (χ1n) is 11.6. The Morgan fingerprint density at radius 1 is 0.939 bits per heavy atom. The van der Waals surface area contributed by atoms with Crippen molar-refractivity contribution in [2.24, 2.45) is 0 Å². The van der Waals surface area contributed by atoms with Crippen molar-refractivity contribution in [3.8, 4) is 0 Å². The fraction of sp³-hybridized carbons (Fsp3) is 0.346. The molecule has 1 atom stereocenters. The zero-order valence-electron chi connectivity index (χ0n) is 18.6. The van der Waals surface area contributed by atoms with Crippen LogP contribution in [0, 0.1) is 5.82 Å². The van der Waals surface area contributed by atoms with Gasteiger partial charge in [0.05, 0.1) is 12.1 Å². The van der Waals surface area contributed by atoms with Gasteiger partial charge in [0.1, 0.15) is 5.82 Å². The first-order chi connectivity index (χ1) is 16.3. The second kappa shape index (κ2) is 10.4. The van der Waals surface area contributed by atoms with Crippen molar-refractivity contribution in [3.05, 3.63) is 99.8 Å². The van der Waals surface area contributed by atoms with Crippen molar-refractivity contribution < 1.29 is 4.39 Å². The Kier molecular flexibility index (Phi) is 6.88. The Balaban J connectivity index is 1.58. The molecule has 1 aliphatic carbocycles. The van der Waals surface area contributed by atoms with E-state index in [0.29, 0.717) is 6.04 Å². The fourth-order valence-corrected chi connectivity index (χ4v) is 5.52. The molecule has 2 aromatic heterocycles. The minimum Gasteiger partial charge on any atom is -0.280 e. The van der Waals surface area contributed by atoms with Crippen LogP contribution in [0.15, 0.2) is 72.1 Å². The smallest absolute Gasteiger partial charge is 0.173 e. The van der Waals surface area contributed by atoms with Gasteiger partial charge >= 0.3 is 0 Å². The molecule has 0 unspecified atom stereocenters. The first-order valence-corrected chi connectivity index (χ1v) is 12.5. The van der Waals surface area contributed by atoms with Gasteiger partial charge in [0.15, 0.2) is 5.82 Å². The lowest BCUT2D eigenvalue weighted by Gasteiger charge is -2.33. The number of hydrogen-bond acceptors (Lipinski definition) is 5. The number of aromatic nitrogens is 4. The van der Waals surface area contributed by atoms with Crippen molar-refractivity contribution in [2.75, 3.05) is 0 Å². The van der Waals surface area contributed by atoms with Gasteiger partial charge in [-0.15, -0.1) is 16.4 Å². The highest BCUT2D eigenvalue weighted by atomic mass is 32.1. The summed E-state index contributed by atoms with van der Waals surface area (Å²) in [6.07, 6.45) is 5.87. The van der Waals surface area contributed by atoms with Crippen LogP contribution in [-0.2, 0) is 13.1 Å². The number of tetrazole rings is 1. The molecule has 33 heavy (non-hydrogen) atoms. The maximum atomic E-state index is 13.9. The average molecular weight is 462 g/mol. The largest absolute Gasteiger partial charge is 0.280 e. The monoisotopic (exact) mass is 461 g/mol. The van der Waals surface area contributed by atoms with E-state index in [1.807, 2.05) is 22.9 Å². The molecule has 0 aliphatic heterocycles. The zero-order valence-corrected chi connectivity index (χ0v) is 19.4. The summed E-state index contributed by atoms with van der Waals surface area (Å²) < 4.78 is 15.9. The van der Waals surface area contributed by atoms with Crippen molar-refractivity contribution in [1.29, 1.82) is 0 Å². The minimum absolute atomic E-state index is 0.190. The summed E-state index contributed by atoms with van der Waals surface area (Å²) in [5.74, 6) is 0.596. The summed E-state index contributed by atoms with van der Waals surface area (Å²) in [6, 6.07) is 21.6. The van der Waals surface area contributed by atoms with Gasteiger partial charge < -0.3 is 0 Å². The number of thiophene rings is 1. The highest BCUT2D eigenvalue weighted by molar-refractivity contribution is 7.09. The van der Waals surface area contributed by atoms with Crippen LogP contribution in [0.5, 0.6) is 0 Å². The number of halogens is 1. The van der Waals surface area contributed by atoms with Gasteiger partial charge in [0, 0.05) is 18.0 Å². The highest BCUT2D eigenvalue weighted by Crippen LogP contribution is 2.35. The summed E-state index contributed by atoms with van der Waals surface area (Å²) in [5.41, 5.74) is 2.22.